The highest BCUT2D eigenvalue weighted by atomic mass is 32.1. The van der Waals surface area contributed by atoms with Crippen molar-refractivity contribution in [3.8, 4) is 0 Å². The molecule has 0 fully saturated rings. The molecule has 0 bridgehead atoms. The number of pyridine rings is 1. The monoisotopic (exact) mass is 204 g/mol. The van der Waals surface area contributed by atoms with Crippen LogP contribution in [0.3, 0.4) is 0 Å². The fourth-order valence-electron chi connectivity index (χ4n) is 0.885. The van der Waals surface area contributed by atoms with Crippen LogP contribution < -0.4 is 5.43 Å². The van der Waals surface area contributed by atoms with Crippen LogP contribution in [0.25, 0.3) is 0 Å². The molecule has 0 atom stereocenters. The zero-order valence-electron chi connectivity index (χ0n) is 7.29. The van der Waals surface area contributed by atoms with Gasteiger partial charge in [-0.25, -0.2) is 4.98 Å². The van der Waals surface area contributed by atoms with Crippen molar-refractivity contribution in [2.45, 2.75) is 0 Å². The van der Waals surface area contributed by atoms with E-state index >= 15 is 0 Å². The minimum absolute atomic E-state index is 0.775. The van der Waals surface area contributed by atoms with E-state index in [1.165, 1.54) is 11.3 Å². The van der Waals surface area contributed by atoms with E-state index in [1.54, 1.807) is 18.6 Å². The third kappa shape index (κ3) is 2.37. The van der Waals surface area contributed by atoms with Crippen molar-refractivity contribution in [1.82, 2.24) is 9.97 Å². The lowest BCUT2D eigenvalue weighted by Gasteiger charge is -1.92. The van der Waals surface area contributed by atoms with Crippen LogP contribution >= 0.6 is 11.3 Å². The molecule has 0 saturated carbocycles. The number of thiazole rings is 1. The first-order chi connectivity index (χ1) is 6.95. The summed E-state index contributed by atoms with van der Waals surface area (Å²) in [7, 11) is 0. The lowest BCUT2D eigenvalue weighted by Crippen LogP contribution is -1.91. The zero-order chi connectivity index (χ0) is 9.64. The molecule has 1 N–H and O–H groups in total. The second kappa shape index (κ2) is 4.48. The van der Waals surface area contributed by atoms with Crippen LogP contribution in [0.4, 0.5) is 5.13 Å². The van der Waals surface area contributed by atoms with Gasteiger partial charge in [-0.2, -0.15) is 5.10 Å². The van der Waals surface area contributed by atoms with Crippen molar-refractivity contribution in [2.24, 2.45) is 5.10 Å². The molecule has 0 aliphatic heterocycles. The van der Waals surface area contributed by atoms with E-state index in [9.17, 15) is 0 Å². The molecule has 14 heavy (non-hydrogen) atoms. The molecule has 0 spiro atoms. The first kappa shape index (κ1) is 8.83. The second-order valence-corrected chi connectivity index (χ2v) is 3.36. The van der Waals surface area contributed by atoms with Gasteiger partial charge in [0.05, 0.1) is 11.9 Å². The van der Waals surface area contributed by atoms with E-state index < -0.39 is 0 Å². The Balaban J connectivity index is 1.96. The number of hydrogen-bond acceptors (Lipinski definition) is 5. The fraction of sp³-hybridized carbons (Fsp3) is 0. The van der Waals surface area contributed by atoms with Gasteiger partial charge in [0, 0.05) is 17.8 Å². The number of nitrogens with zero attached hydrogens (tertiary/aromatic N) is 3. The fourth-order valence-corrected chi connectivity index (χ4v) is 1.36. The molecule has 0 unspecified atom stereocenters. The van der Waals surface area contributed by atoms with Crippen molar-refractivity contribution < 1.29 is 0 Å². The Morgan fingerprint density at radius 3 is 3.00 bits per heavy atom. The summed E-state index contributed by atoms with van der Waals surface area (Å²) in [6.07, 6.45) is 5.11. The van der Waals surface area contributed by atoms with Crippen LogP contribution in [0.5, 0.6) is 0 Å². The standard InChI is InChI=1S/C9H8N4S/c1-2-4-10-8(3-1)7-12-13-9-11-5-6-14-9/h1-7H,(H,11,13). The van der Waals surface area contributed by atoms with Gasteiger partial charge in [-0.05, 0) is 12.1 Å². The molecule has 4 nitrogen and oxygen atoms in total. The summed E-state index contributed by atoms with van der Waals surface area (Å²) in [5.41, 5.74) is 3.63. The van der Waals surface area contributed by atoms with Crippen LogP contribution in [-0.4, -0.2) is 16.2 Å². The highest BCUT2D eigenvalue weighted by molar-refractivity contribution is 7.13. The highest BCUT2D eigenvalue weighted by Gasteiger charge is 1.89. The lowest BCUT2D eigenvalue weighted by molar-refractivity contribution is 1.26. The summed E-state index contributed by atoms with van der Waals surface area (Å²) in [5, 5.41) is 6.66. The smallest absolute Gasteiger partial charge is 0.203 e. The summed E-state index contributed by atoms with van der Waals surface area (Å²) in [5.74, 6) is 0. The maximum atomic E-state index is 4.09. The van der Waals surface area contributed by atoms with Crippen molar-refractivity contribution in [2.75, 3.05) is 5.43 Å². The number of hydrazone groups is 1. The van der Waals surface area contributed by atoms with E-state index in [2.05, 4.69) is 20.5 Å². The molecule has 5 heteroatoms. The third-order valence-corrected chi connectivity index (χ3v) is 2.15. The molecule has 0 amide bonds. The van der Waals surface area contributed by atoms with Crippen molar-refractivity contribution in [3.63, 3.8) is 0 Å². The Kier molecular flexibility index (Phi) is 2.82. The minimum atomic E-state index is 0.775. The van der Waals surface area contributed by atoms with Crippen molar-refractivity contribution in [3.05, 3.63) is 41.7 Å². The molecule has 0 radical (unpaired) electrons. The quantitative estimate of drug-likeness (QED) is 0.614. The molecule has 70 valence electrons. The summed E-state index contributed by atoms with van der Waals surface area (Å²) in [6, 6.07) is 5.66. The largest absolute Gasteiger partial charge is 0.255 e. The van der Waals surface area contributed by atoms with E-state index in [1.807, 2.05) is 23.6 Å². The van der Waals surface area contributed by atoms with Crippen LogP contribution in [0, 0.1) is 0 Å². The summed E-state index contributed by atoms with van der Waals surface area (Å²) in [6.45, 7) is 0. The number of nitrogens with one attached hydrogen (secondary N) is 1. The highest BCUT2D eigenvalue weighted by Crippen LogP contribution is 2.09. The maximum absolute atomic E-state index is 4.09. The van der Waals surface area contributed by atoms with Crippen LogP contribution in [0.1, 0.15) is 5.69 Å². The average molecular weight is 204 g/mol. The van der Waals surface area contributed by atoms with Gasteiger partial charge in [-0.15, -0.1) is 11.3 Å². The van der Waals surface area contributed by atoms with E-state index in [0.29, 0.717) is 0 Å². The molecule has 0 saturated heterocycles. The Labute approximate surface area is 85.3 Å². The minimum Gasteiger partial charge on any atom is -0.255 e. The molecule has 0 aliphatic carbocycles. The lowest BCUT2D eigenvalue weighted by atomic mass is 10.4. The SMILES string of the molecule is C(=NNc1nccs1)c1ccccn1. The molecular formula is C9H8N4S. The molecule has 2 aromatic heterocycles. The third-order valence-electron chi connectivity index (χ3n) is 1.48. The van der Waals surface area contributed by atoms with Crippen molar-refractivity contribution >= 4 is 22.7 Å². The van der Waals surface area contributed by atoms with Gasteiger partial charge < -0.3 is 0 Å². The Hall–Kier alpha value is -1.75. The molecule has 2 rings (SSSR count). The molecule has 2 heterocycles. The Morgan fingerprint density at radius 2 is 2.29 bits per heavy atom. The van der Waals surface area contributed by atoms with Gasteiger partial charge in [0.25, 0.3) is 0 Å². The topological polar surface area (TPSA) is 50.2 Å². The first-order valence-corrected chi connectivity index (χ1v) is 4.93. The van der Waals surface area contributed by atoms with Gasteiger partial charge in [0.1, 0.15) is 0 Å². The van der Waals surface area contributed by atoms with Crippen LogP contribution in [-0.2, 0) is 0 Å². The Morgan fingerprint density at radius 1 is 1.29 bits per heavy atom. The van der Waals surface area contributed by atoms with Gasteiger partial charge >= 0.3 is 0 Å². The van der Waals surface area contributed by atoms with Gasteiger partial charge in [0.2, 0.25) is 5.13 Å². The zero-order valence-corrected chi connectivity index (χ0v) is 8.11. The predicted molar refractivity (Wildman–Crippen MR) is 57.6 cm³/mol. The van der Waals surface area contributed by atoms with Gasteiger partial charge in [-0.1, -0.05) is 6.07 Å². The number of hydrogen-bond donors (Lipinski definition) is 1. The molecule has 0 aromatic carbocycles. The van der Waals surface area contributed by atoms with Crippen LogP contribution in [0.2, 0.25) is 0 Å². The van der Waals surface area contributed by atoms with E-state index in [0.717, 1.165) is 10.8 Å². The second-order valence-electron chi connectivity index (χ2n) is 2.46. The van der Waals surface area contributed by atoms with E-state index in [-0.39, 0.29) is 0 Å². The predicted octanol–water partition coefficient (Wildman–Crippen LogP) is 1.98. The van der Waals surface area contributed by atoms with E-state index in [4.69, 9.17) is 0 Å². The average Bonchev–Trinajstić information content (AvgIpc) is 2.72. The number of rotatable bonds is 3. The summed E-state index contributed by atoms with van der Waals surface area (Å²) in [4.78, 5) is 8.11. The molecule has 0 aliphatic rings. The Bertz CT molecular complexity index is 396. The molecule has 2 aromatic rings. The normalized spacial score (nSPS) is 10.6. The number of aromatic nitrogens is 2. The number of anilines is 1. The van der Waals surface area contributed by atoms with Crippen molar-refractivity contribution in [1.29, 1.82) is 0 Å². The van der Waals surface area contributed by atoms with Crippen LogP contribution in [0.15, 0.2) is 41.1 Å². The summed E-state index contributed by atoms with van der Waals surface area (Å²) >= 11 is 1.50. The summed E-state index contributed by atoms with van der Waals surface area (Å²) < 4.78 is 0. The first-order valence-electron chi connectivity index (χ1n) is 4.05. The van der Waals surface area contributed by atoms with Gasteiger partial charge in [0.15, 0.2) is 0 Å². The molecular weight excluding hydrogens is 196 g/mol. The van der Waals surface area contributed by atoms with Gasteiger partial charge in [-0.3, -0.25) is 10.4 Å². The maximum Gasteiger partial charge on any atom is 0.203 e.